The number of amides is 1. The molecule has 2 atom stereocenters. The van der Waals surface area contributed by atoms with Crippen LogP contribution < -0.4 is 5.32 Å². The molecule has 2 unspecified atom stereocenters. The summed E-state index contributed by atoms with van der Waals surface area (Å²) in [6.07, 6.45) is -0.404. The van der Waals surface area contributed by atoms with E-state index in [4.69, 9.17) is 9.84 Å². The molecule has 114 valence electrons. The molecule has 1 aromatic rings. The van der Waals surface area contributed by atoms with Crippen molar-refractivity contribution in [3.05, 3.63) is 34.9 Å². The molecule has 1 saturated heterocycles. The van der Waals surface area contributed by atoms with Crippen LogP contribution >= 0.6 is 0 Å². The summed E-state index contributed by atoms with van der Waals surface area (Å²) in [6, 6.07) is 1.80. The maximum absolute atomic E-state index is 13.5. The van der Waals surface area contributed by atoms with Gasteiger partial charge in [-0.2, -0.15) is 0 Å². The van der Waals surface area contributed by atoms with Crippen LogP contribution in [-0.4, -0.2) is 35.7 Å². The molecule has 0 saturated carbocycles. The molecule has 0 bridgehead atoms. The zero-order chi connectivity index (χ0) is 15.6. The van der Waals surface area contributed by atoms with Crippen LogP contribution in [0, 0.1) is 18.6 Å². The fourth-order valence-corrected chi connectivity index (χ4v) is 2.17. The molecule has 0 spiro atoms. The molecule has 2 rings (SSSR count). The van der Waals surface area contributed by atoms with Gasteiger partial charge in [0.25, 0.3) is 5.91 Å². The van der Waals surface area contributed by atoms with Crippen LogP contribution in [0.15, 0.2) is 12.1 Å². The third kappa shape index (κ3) is 3.55. The molecule has 0 aromatic heterocycles. The van der Waals surface area contributed by atoms with Crippen molar-refractivity contribution in [1.29, 1.82) is 0 Å². The third-order valence-corrected chi connectivity index (χ3v) is 3.37. The van der Waals surface area contributed by atoms with Gasteiger partial charge in [-0.25, -0.2) is 13.6 Å². The van der Waals surface area contributed by atoms with E-state index in [0.29, 0.717) is 18.9 Å². The highest BCUT2D eigenvalue weighted by Gasteiger charge is 2.30. The fourth-order valence-electron chi connectivity index (χ4n) is 2.17. The number of aliphatic carboxylic acids is 1. The fraction of sp³-hybridized carbons (Fsp3) is 0.429. The third-order valence-electron chi connectivity index (χ3n) is 3.37. The Bertz CT molecular complexity index is 576. The maximum atomic E-state index is 13.5. The second kappa shape index (κ2) is 6.17. The van der Waals surface area contributed by atoms with Gasteiger partial charge in [-0.3, -0.25) is 4.79 Å². The smallest absolute Gasteiger partial charge is 0.332 e. The number of carboxylic acid groups (broad SMARTS) is 1. The summed E-state index contributed by atoms with van der Waals surface area (Å²) in [6.45, 7) is 1.52. The maximum Gasteiger partial charge on any atom is 0.332 e. The second-order valence-corrected chi connectivity index (χ2v) is 4.95. The van der Waals surface area contributed by atoms with Crippen LogP contribution in [-0.2, 0) is 9.53 Å². The number of aryl methyl sites for hydroxylation is 1. The van der Waals surface area contributed by atoms with Crippen LogP contribution in [0.2, 0.25) is 0 Å². The number of carbonyl (C=O) groups excluding carboxylic acids is 1. The zero-order valence-corrected chi connectivity index (χ0v) is 11.4. The summed E-state index contributed by atoms with van der Waals surface area (Å²) in [5.41, 5.74) is -0.0775. The van der Waals surface area contributed by atoms with Crippen molar-refractivity contribution < 1.29 is 28.2 Å². The Balaban J connectivity index is 1.94. The molecule has 0 radical (unpaired) electrons. The summed E-state index contributed by atoms with van der Waals surface area (Å²) < 4.78 is 31.9. The quantitative estimate of drug-likeness (QED) is 0.886. The molecule has 1 aliphatic rings. The van der Waals surface area contributed by atoms with Gasteiger partial charge >= 0.3 is 5.97 Å². The first-order valence-electron chi connectivity index (χ1n) is 6.50. The average molecular weight is 299 g/mol. The first kappa shape index (κ1) is 15.4. The zero-order valence-electron chi connectivity index (χ0n) is 11.4. The van der Waals surface area contributed by atoms with Gasteiger partial charge in [-0.05, 0) is 31.4 Å². The monoisotopic (exact) mass is 299 g/mol. The van der Waals surface area contributed by atoms with Gasteiger partial charge in [0.1, 0.15) is 11.6 Å². The molecule has 0 aliphatic carbocycles. The number of carbonyl (C=O) groups is 2. The van der Waals surface area contributed by atoms with Gasteiger partial charge in [0, 0.05) is 12.6 Å². The van der Waals surface area contributed by atoms with Crippen molar-refractivity contribution in [2.75, 3.05) is 6.54 Å². The molecule has 1 heterocycles. The van der Waals surface area contributed by atoms with Crippen molar-refractivity contribution in [2.45, 2.75) is 32.0 Å². The average Bonchev–Trinajstić information content (AvgIpc) is 2.89. The molecule has 21 heavy (non-hydrogen) atoms. The molecule has 1 amide bonds. The molecule has 2 N–H and O–H groups in total. The Morgan fingerprint density at radius 3 is 2.67 bits per heavy atom. The van der Waals surface area contributed by atoms with Gasteiger partial charge in [-0.1, -0.05) is 0 Å². The SMILES string of the molecule is Cc1cc(C(=O)NCC2CCC(C(=O)O)O2)c(F)cc1F. The van der Waals surface area contributed by atoms with Gasteiger partial charge < -0.3 is 15.2 Å². The lowest BCUT2D eigenvalue weighted by atomic mass is 10.1. The second-order valence-electron chi connectivity index (χ2n) is 4.95. The Hall–Kier alpha value is -2.02. The van der Waals surface area contributed by atoms with Crippen molar-refractivity contribution in [1.82, 2.24) is 5.32 Å². The van der Waals surface area contributed by atoms with E-state index in [1.807, 2.05) is 0 Å². The van der Waals surface area contributed by atoms with Crippen molar-refractivity contribution in [3.8, 4) is 0 Å². The number of halogens is 2. The van der Waals surface area contributed by atoms with Crippen LogP contribution in [0.4, 0.5) is 8.78 Å². The summed E-state index contributed by atoms with van der Waals surface area (Å²) in [5, 5.41) is 11.3. The number of hydrogen-bond acceptors (Lipinski definition) is 3. The van der Waals surface area contributed by atoms with Crippen LogP contribution in [0.1, 0.15) is 28.8 Å². The Kier molecular flexibility index (Phi) is 4.52. The normalized spacial score (nSPS) is 21.3. The standard InChI is InChI=1S/C14H15F2NO4/c1-7-4-9(11(16)5-10(7)15)13(18)17-6-8-2-3-12(21-8)14(19)20/h4-5,8,12H,2-3,6H2,1H3,(H,17,18)(H,19,20). The van der Waals surface area contributed by atoms with E-state index >= 15 is 0 Å². The highest BCUT2D eigenvalue weighted by molar-refractivity contribution is 5.94. The van der Waals surface area contributed by atoms with Crippen LogP contribution in [0.3, 0.4) is 0 Å². The minimum atomic E-state index is -1.04. The highest BCUT2D eigenvalue weighted by atomic mass is 19.1. The topological polar surface area (TPSA) is 75.6 Å². The van der Waals surface area contributed by atoms with Crippen LogP contribution in [0.5, 0.6) is 0 Å². The number of ether oxygens (including phenoxy) is 1. The van der Waals surface area contributed by atoms with E-state index in [0.717, 1.165) is 6.07 Å². The van der Waals surface area contributed by atoms with E-state index in [-0.39, 0.29) is 17.7 Å². The minimum absolute atomic E-state index is 0.0818. The molecule has 5 nitrogen and oxygen atoms in total. The summed E-state index contributed by atoms with van der Waals surface area (Å²) in [7, 11) is 0. The summed E-state index contributed by atoms with van der Waals surface area (Å²) in [4.78, 5) is 22.6. The lowest BCUT2D eigenvalue weighted by Gasteiger charge is -2.13. The number of rotatable bonds is 4. The van der Waals surface area contributed by atoms with E-state index in [2.05, 4.69) is 5.32 Å². The number of nitrogens with one attached hydrogen (secondary N) is 1. The van der Waals surface area contributed by atoms with E-state index in [9.17, 15) is 18.4 Å². The highest BCUT2D eigenvalue weighted by Crippen LogP contribution is 2.19. The molecular formula is C14H15F2NO4. The first-order valence-corrected chi connectivity index (χ1v) is 6.50. The van der Waals surface area contributed by atoms with E-state index in [1.54, 1.807) is 0 Å². The number of hydrogen-bond donors (Lipinski definition) is 2. The predicted molar refractivity (Wildman–Crippen MR) is 69.0 cm³/mol. The van der Waals surface area contributed by atoms with Gasteiger partial charge in [0.05, 0.1) is 11.7 Å². The Morgan fingerprint density at radius 2 is 2.05 bits per heavy atom. The van der Waals surface area contributed by atoms with E-state index in [1.165, 1.54) is 6.92 Å². The predicted octanol–water partition coefficient (Wildman–Crippen LogP) is 1.64. The number of carboxylic acids is 1. The Morgan fingerprint density at radius 1 is 1.33 bits per heavy atom. The molecule has 7 heteroatoms. The molecule has 1 aliphatic heterocycles. The van der Waals surface area contributed by atoms with E-state index < -0.39 is 35.7 Å². The molecule has 1 fully saturated rings. The molecule has 1 aromatic carbocycles. The first-order chi connectivity index (χ1) is 9.88. The van der Waals surface area contributed by atoms with Gasteiger partial charge in [0.15, 0.2) is 6.10 Å². The van der Waals surface area contributed by atoms with Crippen molar-refractivity contribution in [3.63, 3.8) is 0 Å². The van der Waals surface area contributed by atoms with Crippen molar-refractivity contribution >= 4 is 11.9 Å². The summed E-state index contributed by atoms with van der Waals surface area (Å²) >= 11 is 0. The molecular weight excluding hydrogens is 284 g/mol. The Labute approximate surface area is 119 Å². The summed E-state index contributed by atoms with van der Waals surface area (Å²) in [5.74, 6) is -3.37. The largest absolute Gasteiger partial charge is 0.479 e. The van der Waals surface area contributed by atoms with Gasteiger partial charge in [0.2, 0.25) is 0 Å². The van der Waals surface area contributed by atoms with Crippen LogP contribution in [0.25, 0.3) is 0 Å². The van der Waals surface area contributed by atoms with Crippen molar-refractivity contribution in [2.24, 2.45) is 0 Å². The lowest BCUT2D eigenvalue weighted by Crippen LogP contribution is -2.33. The minimum Gasteiger partial charge on any atom is -0.479 e. The van der Waals surface area contributed by atoms with Gasteiger partial charge in [-0.15, -0.1) is 0 Å². The lowest BCUT2D eigenvalue weighted by molar-refractivity contribution is -0.149. The number of benzene rings is 1.